The molecule has 0 unspecified atom stereocenters. The maximum atomic E-state index is 12.0. The van der Waals surface area contributed by atoms with Gasteiger partial charge in [0.15, 0.2) is 0 Å². The van der Waals surface area contributed by atoms with Crippen molar-refractivity contribution in [3.8, 4) is 0 Å². The van der Waals surface area contributed by atoms with Crippen molar-refractivity contribution in [2.45, 2.75) is 13.8 Å². The Morgan fingerprint density at radius 1 is 1.28 bits per heavy atom. The van der Waals surface area contributed by atoms with E-state index in [1.165, 1.54) is 12.1 Å². The summed E-state index contributed by atoms with van der Waals surface area (Å²) in [5.41, 5.74) is 2.50. The van der Waals surface area contributed by atoms with Crippen molar-refractivity contribution >= 4 is 34.8 Å². The van der Waals surface area contributed by atoms with Gasteiger partial charge in [0.1, 0.15) is 10.3 Å². The second kappa shape index (κ2) is 4.96. The number of amides is 1. The van der Waals surface area contributed by atoms with Crippen molar-refractivity contribution in [3.63, 3.8) is 0 Å². The van der Waals surface area contributed by atoms with Crippen LogP contribution in [0.3, 0.4) is 0 Å². The molecule has 2 aromatic heterocycles. The number of hydrogen-bond donors (Lipinski definition) is 2. The molecule has 0 aliphatic heterocycles. The molecule has 2 rings (SSSR count). The zero-order valence-electron chi connectivity index (χ0n) is 9.71. The van der Waals surface area contributed by atoms with Crippen LogP contribution in [0.25, 0.3) is 0 Å². The van der Waals surface area contributed by atoms with Gasteiger partial charge in [-0.2, -0.15) is 5.10 Å². The van der Waals surface area contributed by atoms with Crippen LogP contribution in [0.5, 0.6) is 0 Å². The second-order valence-corrected chi connectivity index (χ2v) is 4.54. The molecule has 5 nitrogen and oxygen atoms in total. The number of aryl methyl sites for hydroxylation is 2. The Balaban J connectivity index is 2.27. The van der Waals surface area contributed by atoms with Crippen LogP contribution >= 0.6 is 23.2 Å². The SMILES string of the molecule is Cc1n[nH]c(C)c1NC(=O)c1cc(Cl)nc(Cl)c1. The van der Waals surface area contributed by atoms with Crippen LogP contribution in [0.1, 0.15) is 21.7 Å². The highest BCUT2D eigenvalue weighted by atomic mass is 35.5. The Hall–Kier alpha value is -1.59. The number of nitrogens with one attached hydrogen (secondary N) is 2. The topological polar surface area (TPSA) is 70.7 Å². The van der Waals surface area contributed by atoms with Crippen molar-refractivity contribution in [3.05, 3.63) is 39.4 Å². The van der Waals surface area contributed by atoms with Gasteiger partial charge >= 0.3 is 0 Å². The smallest absolute Gasteiger partial charge is 0.255 e. The molecule has 0 spiro atoms. The van der Waals surface area contributed by atoms with Crippen LogP contribution in [0, 0.1) is 13.8 Å². The number of hydrogen-bond acceptors (Lipinski definition) is 3. The fraction of sp³-hybridized carbons (Fsp3) is 0.182. The van der Waals surface area contributed by atoms with E-state index < -0.39 is 0 Å². The fourth-order valence-corrected chi connectivity index (χ4v) is 1.98. The summed E-state index contributed by atoms with van der Waals surface area (Å²) in [5, 5.41) is 9.88. The summed E-state index contributed by atoms with van der Waals surface area (Å²) < 4.78 is 0. The maximum Gasteiger partial charge on any atom is 0.255 e. The van der Waals surface area contributed by atoms with Gasteiger partial charge in [0.05, 0.1) is 17.1 Å². The van der Waals surface area contributed by atoms with Gasteiger partial charge in [-0.3, -0.25) is 9.89 Å². The number of aromatic nitrogens is 3. The first-order valence-electron chi connectivity index (χ1n) is 5.13. The molecule has 0 saturated heterocycles. The fourth-order valence-electron chi connectivity index (χ4n) is 1.52. The minimum absolute atomic E-state index is 0.174. The number of pyridine rings is 1. The summed E-state index contributed by atoms with van der Waals surface area (Å²) >= 11 is 11.5. The molecule has 0 bridgehead atoms. The monoisotopic (exact) mass is 284 g/mol. The quantitative estimate of drug-likeness (QED) is 0.833. The Morgan fingerprint density at radius 3 is 2.39 bits per heavy atom. The lowest BCUT2D eigenvalue weighted by Crippen LogP contribution is -2.13. The molecule has 7 heteroatoms. The van der Waals surface area contributed by atoms with E-state index in [-0.39, 0.29) is 16.2 Å². The third-order valence-electron chi connectivity index (χ3n) is 2.39. The van der Waals surface area contributed by atoms with Crippen LogP contribution in [-0.4, -0.2) is 21.1 Å². The zero-order chi connectivity index (χ0) is 13.3. The highest BCUT2D eigenvalue weighted by Gasteiger charge is 2.13. The first-order chi connectivity index (χ1) is 8.47. The Morgan fingerprint density at radius 2 is 1.89 bits per heavy atom. The largest absolute Gasteiger partial charge is 0.319 e. The summed E-state index contributed by atoms with van der Waals surface area (Å²) in [6, 6.07) is 2.90. The van der Waals surface area contributed by atoms with E-state index in [1.54, 1.807) is 6.92 Å². The zero-order valence-corrected chi connectivity index (χ0v) is 11.2. The molecular weight excluding hydrogens is 275 g/mol. The predicted molar refractivity (Wildman–Crippen MR) is 70.3 cm³/mol. The lowest BCUT2D eigenvalue weighted by Gasteiger charge is -2.05. The standard InChI is InChI=1S/C11H10Cl2N4O/c1-5-10(6(2)17-16-5)15-11(18)7-3-8(12)14-9(13)4-7/h3-4H,1-2H3,(H,15,18)(H,16,17). The number of aromatic amines is 1. The Bertz CT molecular complexity index is 569. The maximum absolute atomic E-state index is 12.0. The molecule has 0 atom stereocenters. The first kappa shape index (κ1) is 12.9. The third-order valence-corrected chi connectivity index (χ3v) is 2.78. The van der Waals surface area contributed by atoms with Gasteiger partial charge in [-0.1, -0.05) is 23.2 Å². The molecule has 0 saturated carbocycles. The van der Waals surface area contributed by atoms with Crippen molar-refractivity contribution in [2.24, 2.45) is 0 Å². The summed E-state index contributed by atoms with van der Waals surface area (Å²) in [5.74, 6) is -0.311. The van der Waals surface area contributed by atoms with Crippen LogP contribution in [0.15, 0.2) is 12.1 Å². The average Bonchev–Trinajstić information content (AvgIpc) is 2.59. The molecule has 0 fully saturated rings. The van der Waals surface area contributed by atoms with E-state index in [9.17, 15) is 4.79 Å². The summed E-state index contributed by atoms with van der Waals surface area (Å²) in [6.07, 6.45) is 0. The van der Waals surface area contributed by atoms with Gasteiger partial charge < -0.3 is 5.32 Å². The number of carbonyl (C=O) groups excluding carboxylic acids is 1. The van der Waals surface area contributed by atoms with E-state index in [2.05, 4.69) is 20.5 Å². The third kappa shape index (κ3) is 2.63. The van der Waals surface area contributed by atoms with Crippen LogP contribution in [0.2, 0.25) is 10.3 Å². The lowest BCUT2D eigenvalue weighted by molar-refractivity contribution is 0.102. The summed E-state index contributed by atoms with van der Waals surface area (Å²) in [4.78, 5) is 15.8. The number of nitrogens with zero attached hydrogens (tertiary/aromatic N) is 2. The molecule has 0 radical (unpaired) electrons. The molecule has 1 amide bonds. The molecule has 2 heterocycles. The van der Waals surface area contributed by atoms with Crippen molar-refractivity contribution < 1.29 is 4.79 Å². The van der Waals surface area contributed by atoms with Crippen LogP contribution in [-0.2, 0) is 0 Å². The van der Waals surface area contributed by atoms with Crippen molar-refractivity contribution in [2.75, 3.05) is 5.32 Å². The van der Waals surface area contributed by atoms with Crippen molar-refractivity contribution in [1.29, 1.82) is 0 Å². The highest BCUT2D eigenvalue weighted by Crippen LogP contribution is 2.19. The minimum Gasteiger partial charge on any atom is -0.319 e. The molecule has 0 aliphatic carbocycles. The van der Waals surface area contributed by atoms with Gasteiger partial charge in [-0.15, -0.1) is 0 Å². The molecule has 2 N–H and O–H groups in total. The van der Waals surface area contributed by atoms with E-state index in [0.717, 1.165) is 5.69 Å². The number of rotatable bonds is 2. The molecular formula is C11H10Cl2N4O. The molecule has 0 aliphatic rings. The predicted octanol–water partition coefficient (Wildman–Crippen LogP) is 2.98. The molecule has 0 aromatic carbocycles. The van der Waals surface area contributed by atoms with E-state index in [0.29, 0.717) is 16.9 Å². The summed E-state index contributed by atoms with van der Waals surface area (Å²) in [7, 11) is 0. The number of halogens is 2. The highest BCUT2D eigenvalue weighted by molar-refractivity contribution is 6.33. The van der Waals surface area contributed by atoms with Crippen molar-refractivity contribution in [1.82, 2.24) is 15.2 Å². The first-order valence-corrected chi connectivity index (χ1v) is 5.89. The average molecular weight is 285 g/mol. The number of anilines is 1. The number of carbonyl (C=O) groups is 1. The van der Waals surface area contributed by atoms with Gasteiger partial charge in [-0.25, -0.2) is 4.98 Å². The van der Waals surface area contributed by atoms with E-state index >= 15 is 0 Å². The van der Waals surface area contributed by atoms with Gasteiger partial charge in [0.2, 0.25) is 0 Å². The van der Waals surface area contributed by atoms with Crippen LogP contribution < -0.4 is 5.32 Å². The van der Waals surface area contributed by atoms with Gasteiger partial charge in [0.25, 0.3) is 5.91 Å². The Kier molecular flexibility index (Phi) is 3.54. The second-order valence-electron chi connectivity index (χ2n) is 3.76. The Labute approximate surface area is 114 Å². The van der Waals surface area contributed by atoms with Crippen LogP contribution in [0.4, 0.5) is 5.69 Å². The molecule has 94 valence electrons. The van der Waals surface area contributed by atoms with E-state index in [1.807, 2.05) is 6.92 Å². The normalized spacial score (nSPS) is 10.4. The minimum atomic E-state index is -0.311. The van der Waals surface area contributed by atoms with Gasteiger partial charge in [-0.05, 0) is 26.0 Å². The van der Waals surface area contributed by atoms with E-state index in [4.69, 9.17) is 23.2 Å². The molecule has 2 aromatic rings. The number of H-pyrrole nitrogens is 1. The lowest BCUT2D eigenvalue weighted by atomic mass is 10.2. The molecule has 18 heavy (non-hydrogen) atoms. The van der Waals surface area contributed by atoms with Gasteiger partial charge in [0, 0.05) is 5.56 Å². The summed E-state index contributed by atoms with van der Waals surface area (Å²) in [6.45, 7) is 3.62.